The molecule has 186 valence electrons. The summed E-state index contributed by atoms with van der Waals surface area (Å²) in [6, 6.07) is 0. The van der Waals surface area contributed by atoms with Gasteiger partial charge in [-0.05, 0) is 64.2 Å². The number of rotatable bonds is 11. The number of hydrogen-bond acceptors (Lipinski definition) is 6. The molecule has 0 saturated carbocycles. The molecule has 0 aromatic heterocycles. The van der Waals surface area contributed by atoms with Crippen LogP contribution < -0.4 is 15.4 Å². The smallest absolute Gasteiger partial charge is 0.319 e. The van der Waals surface area contributed by atoms with Gasteiger partial charge in [-0.1, -0.05) is 35.2 Å². The maximum Gasteiger partial charge on any atom is 0.319 e. The zero-order chi connectivity index (χ0) is 25.6. The highest BCUT2D eigenvalue weighted by molar-refractivity contribution is 14.1. The Balaban J connectivity index is 1.88. The van der Waals surface area contributed by atoms with Gasteiger partial charge in [0.2, 0.25) is 11.6 Å². The van der Waals surface area contributed by atoms with Crippen LogP contribution in [0.15, 0.2) is 12.7 Å². The molecule has 0 radical (unpaired) electrons. The monoisotopic (exact) mass is 583 g/mol. The van der Waals surface area contributed by atoms with E-state index in [1.807, 2.05) is 57.2 Å². The number of fused-ring (bicyclic) bond motifs is 1. The number of ether oxygens (including phenoxy) is 2. The quantitative estimate of drug-likeness (QED) is 0.0420. The number of Topliss-reactive ketones (excluding diaryl/α,β-unsaturated/α-hetero) is 2. The molecular formula is C25H34IN3O5. The summed E-state index contributed by atoms with van der Waals surface area (Å²) in [5.74, 6) is -0.686. The van der Waals surface area contributed by atoms with Gasteiger partial charge in [-0.2, -0.15) is 0 Å². The van der Waals surface area contributed by atoms with Crippen LogP contribution in [-0.2, 0) is 20.7 Å². The molecule has 0 fully saturated rings. The molecule has 3 N–H and O–H groups in total. The maximum absolute atomic E-state index is 13.0. The van der Waals surface area contributed by atoms with Crippen molar-refractivity contribution in [1.29, 1.82) is 5.41 Å². The highest BCUT2D eigenvalue weighted by Crippen LogP contribution is 2.42. The first-order chi connectivity index (χ1) is 15.9. The highest BCUT2D eigenvalue weighted by atomic mass is 127. The van der Waals surface area contributed by atoms with E-state index in [-0.39, 0.29) is 34.6 Å². The Bertz CT molecular complexity index is 1000. The van der Waals surface area contributed by atoms with Gasteiger partial charge in [-0.25, -0.2) is 0 Å². The summed E-state index contributed by atoms with van der Waals surface area (Å²) in [6.45, 7) is 13.5. The Morgan fingerprint density at radius 2 is 1.88 bits per heavy atom. The van der Waals surface area contributed by atoms with Crippen molar-refractivity contribution in [3.8, 4) is 5.75 Å². The molecule has 0 spiro atoms. The van der Waals surface area contributed by atoms with E-state index in [0.29, 0.717) is 31.4 Å². The van der Waals surface area contributed by atoms with Crippen molar-refractivity contribution >= 4 is 46.1 Å². The Morgan fingerprint density at radius 3 is 2.53 bits per heavy atom. The summed E-state index contributed by atoms with van der Waals surface area (Å²) >= 11 is 2.03. The van der Waals surface area contributed by atoms with E-state index in [4.69, 9.17) is 14.9 Å². The minimum atomic E-state index is -0.604. The van der Waals surface area contributed by atoms with Crippen molar-refractivity contribution in [2.45, 2.75) is 63.4 Å². The lowest BCUT2D eigenvalue weighted by Gasteiger charge is -2.18. The fraction of sp³-hybridized carbons (Fsp3) is 0.520. The Kier molecular flexibility index (Phi) is 9.66. The van der Waals surface area contributed by atoms with Crippen LogP contribution in [0.1, 0.15) is 59.3 Å². The SMILES string of the molecule is C=CCOC(=O)C(I)CCCNC(=N)NCC(=O)C(=O)c1c(C)c(C)c2c(c1C)CC(C)(C)O2. The van der Waals surface area contributed by atoms with E-state index in [0.717, 1.165) is 28.0 Å². The summed E-state index contributed by atoms with van der Waals surface area (Å²) in [6.07, 6.45) is 3.43. The topological polar surface area (TPSA) is 118 Å². The molecule has 0 bridgehead atoms. The molecule has 1 aliphatic heterocycles. The van der Waals surface area contributed by atoms with Crippen LogP contribution in [-0.4, -0.2) is 52.7 Å². The van der Waals surface area contributed by atoms with Crippen molar-refractivity contribution < 1.29 is 23.9 Å². The molecule has 1 aliphatic rings. The molecule has 0 aliphatic carbocycles. The summed E-state index contributed by atoms with van der Waals surface area (Å²) in [4.78, 5) is 37.4. The van der Waals surface area contributed by atoms with Gasteiger partial charge in [0.1, 0.15) is 21.9 Å². The predicted octanol–water partition coefficient (Wildman–Crippen LogP) is 3.50. The first-order valence-corrected chi connectivity index (χ1v) is 12.5. The Labute approximate surface area is 214 Å². The molecule has 1 aromatic rings. The van der Waals surface area contributed by atoms with Crippen LogP contribution >= 0.6 is 22.6 Å². The lowest BCUT2D eigenvalue weighted by atomic mass is 9.87. The van der Waals surface area contributed by atoms with E-state index in [9.17, 15) is 14.4 Å². The number of carbonyl (C=O) groups is 3. The molecule has 1 unspecified atom stereocenters. The molecule has 1 atom stereocenters. The predicted molar refractivity (Wildman–Crippen MR) is 140 cm³/mol. The largest absolute Gasteiger partial charge is 0.487 e. The number of benzene rings is 1. The lowest BCUT2D eigenvalue weighted by Crippen LogP contribution is -2.41. The zero-order valence-corrected chi connectivity index (χ0v) is 22.7. The van der Waals surface area contributed by atoms with Crippen molar-refractivity contribution in [1.82, 2.24) is 10.6 Å². The van der Waals surface area contributed by atoms with Crippen LogP contribution in [0.4, 0.5) is 0 Å². The van der Waals surface area contributed by atoms with Gasteiger partial charge < -0.3 is 20.1 Å². The van der Waals surface area contributed by atoms with Gasteiger partial charge in [-0.15, -0.1) is 0 Å². The van der Waals surface area contributed by atoms with Gasteiger partial charge >= 0.3 is 5.97 Å². The molecule has 0 amide bonds. The standard InChI is InChI=1S/C25H34IN3O5/c1-7-11-33-23(32)18(26)9-8-10-28-24(27)29-13-19(30)21(31)20-14(2)15(3)22-17(16(20)4)12-25(5,6)34-22/h7,18H,1,8-13H2,2-6H3,(H3,27,28,29). The van der Waals surface area contributed by atoms with E-state index in [2.05, 4.69) is 17.2 Å². The van der Waals surface area contributed by atoms with Crippen LogP contribution in [0.25, 0.3) is 0 Å². The van der Waals surface area contributed by atoms with Crippen molar-refractivity contribution in [3.05, 3.63) is 40.5 Å². The zero-order valence-electron chi connectivity index (χ0n) is 20.5. The molecular weight excluding hydrogens is 549 g/mol. The van der Waals surface area contributed by atoms with Gasteiger partial charge in [0, 0.05) is 24.1 Å². The molecule has 8 nitrogen and oxygen atoms in total. The number of nitrogens with one attached hydrogen (secondary N) is 3. The van der Waals surface area contributed by atoms with Crippen LogP contribution in [0.2, 0.25) is 0 Å². The fourth-order valence-electron chi connectivity index (χ4n) is 3.91. The van der Waals surface area contributed by atoms with Gasteiger partial charge in [0.05, 0.1) is 6.54 Å². The number of hydrogen-bond donors (Lipinski definition) is 3. The second kappa shape index (κ2) is 11.8. The normalized spacial score (nSPS) is 14.4. The number of ketones is 2. The summed E-state index contributed by atoms with van der Waals surface area (Å²) in [7, 11) is 0. The third kappa shape index (κ3) is 6.80. The minimum absolute atomic E-state index is 0.0471. The van der Waals surface area contributed by atoms with E-state index in [1.54, 1.807) is 0 Å². The van der Waals surface area contributed by atoms with Crippen molar-refractivity contribution in [3.63, 3.8) is 0 Å². The molecule has 34 heavy (non-hydrogen) atoms. The Morgan fingerprint density at radius 1 is 1.21 bits per heavy atom. The van der Waals surface area contributed by atoms with Gasteiger partial charge in [0.25, 0.3) is 0 Å². The molecule has 1 heterocycles. The van der Waals surface area contributed by atoms with Gasteiger partial charge in [-0.3, -0.25) is 19.8 Å². The number of carbonyl (C=O) groups excluding carboxylic acids is 3. The maximum atomic E-state index is 13.0. The highest BCUT2D eigenvalue weighted by Gasteiger charge is 2.36. The molecule has 0 saturated heterocycles. The van der Waals surface area contributed by atoms with Crippen LogP contribution in [0.3, 0.4) is 0 Å². The Hall–Kier alpha value is -2.43. The fourth-order valence-corrected chi connectivity index (χ4v) is 4.53. The van der Waals surface area contributed by atoms with Crippen molar-refractivity contribution in [2.24, 2.45) is 0 Å². The summed E-state index contributed by atoms with van der Waals surface area (Å²) < 4.78 is 10.8. The third-order valence-electron chi connectivity index (χ3n) is 5.80. The van der Waals surface area contributed by atoms with Gasteiger partial charge in [0.15, 0.2) is 5.96 Å². The van der Waals surface area contributed by atoms with Crippen LogP contribution in [0, 0.1) is 26.2 Å². The second-order valence-electron chi connectivity index (χ2n) is 9.03. The first kappa shape index (κ1) is 27.8. The number of esters is 1. The lowest BCUT2D eigenvalue weighted by molar-refractivity contribution is -0.141. The average Bonchev–Trinajstić information content (AvgIpc) is 3.12. The van der Waals surface area contributed by atoms with E-state index < -0.39 is 11.6 Å². The number of guanidine groups is 1. The summed E-state index contributed by atoms with van der Waals surface area (Å²) in [5.41, 5.74) is 3.48. The first-order valence-electron chi connectivity index (χ1n) is 11.3. The average molecular weight is 583 g/mol. The molecule has 2 rings (SSSR count). The van der Waals surface area contributed by atoms with E-state index in [1.165, 1.54) is 6.08 Å². The minimum Gasteiger partial charge on any atom is -0.487 e. The van der Waals surface area contributed by atoms with E-state index >= 15 is 0 Å². The number of halogens is 1. The molecule has 9 heteroatoms. The number of alkyl halides is 1. The summed E-state index contributed by atoms with van der Waals surface area (Å²) in [5, 5.41) is 13.5. The van der Waals surface area contributed by atoms with Crippen molar-refractivity contribution in [2.75, 3.05) is 19.7 Å². The third-order valence-corrected chi connectivity index (χ3v) is 6.93. The molecule has 1 aromatic carbocycles. The van der Waals surface area contributed by atoms with Crippen LogP contribution in [0.5, 0.6) is 5.75 Å². The second-order valence-corrected chi connectivity index (χ2v) is 10.5.